The topological polar surface area (TPSA) is 41.1 Å². The molecule has 1 fully saturated rings. The predicted molar refractivity (Wildman–Crippen MR) is 68.7 cm³/mol. The molecule has 1 aromatic carbocycles. The minimum atomic E-state index is -0.0189. The van der Waals surface area contributed by atoms with E-state index in [4.69, 9.17) is 0 Å². The number of carbonyl (C=O) groups excluding carboxylic acids is 1. The van der Waals surface area contributed by atoms with Crippen LogP contribution in [-0.4, -0.2) is 18.5 Å². The van der Waals surface area contributed by atoms with E-state index in [1.54, 1.807) is 0 Å². The molecular weight excluding hydrogens is 212 g/mol. The van der Waals surface area contributed by atoms with Gasteiger partial charge in [0.15, 0.2) is 0 Å². The predicted octanol–water partition coefficient (Wildman–Crippen LogP) is 1.62. The van der Waals surface area contributed by atoms with E-state index in [2.05, 4.69) is 41.8 Å². The van der Waals surface area contributed by atoms with E-state index in [0.29, 0.717) is 0 Å². The van der Waals surface area contributed by atoms with Gasteiger partial charge in [-0.1, -0.05) is 31.2 Å². The standard InChI is InChI=1S/C14H20N2O/c1-2-11-5-7-12(8-6-11)10-16-13-4-3-9-15-14(13)17/h5-8,13,16H,2-4,9-10H2,1H3,(H,15,17)/t13-/m1/s1. The zero-order chi connectivity index (χ0) is 12.1. The Morgan fingerprint density at radius 3 is 2.65 bits per heavy atom. The Hall–Kier alpha value is -1.35. The molecule has 0 spiro atoms. The molecule has 1 aliphatic rings. The van der Waals surface area contributed by atoms with Crippen LogP contribution in [0.5, 0.6) is 0 Å². The quantitative estimate of drug-likeness (QED) is 0.828. The number of benzene rings is 1. The van der Waals surface area contributed by atoms with Gasteiger partial charge in [0.2, 0.25) is 5.91 Å². The van der Waals surface area contributed by atoms with Gasteiger partial charge in [0.05, 0.1) is 6.04 Å². The summed E-state index contributed by atoms with van der Waals surface area (Å²) in [5, 5.41) is 6.20. The average molecular weight is 232 g/mol. The van der Waals surface area contributed by atoms with Crippen LogP contribution in [0.2, 0.25) is 0 Å². The van der Waals surface area contributed by atoms with Crippen molar-refractivity contribution in [2.45, 2.75) is 38.8 Å². The summed E-state index contributed by atoms with van der Waals surface area (Å²) in [5.74, 6) is 0.140. The molecule has 0 radical (unpaired) electrons. The molecule has 2 N–H and O–H groups in total. The van der Waals surface area contributed by atoms with E-state index in [1.165, 1.54) is 11.1 Å². The van der Waals surface area contributed by atoms with Crippen LogP contribution in [0.3, 0.4) is 0 Å². The molecule has 1 heterocycles. The summed E-state index contributed by atoms with van der Waals surface area (Å²) in [5.41, 5.74) is 2.59. The van der Waals surface area contributed by atoms with Gasteiger partial charge in [-0.15, -0.1) is 0 Å². The third-order valence-corrected chi connectivity index (χ3v) is 3.27. The highest BCUT2D eigenvalue weighted by atomic mass is 16.2. The highest BCUT2D eigenvalue weighted by molar-refractivity contribution is 5.82. The zero-order valence-electron chi connectivity index (χ0n) is 10.3. The van der Waals surface area contributed by atoms with Gasteiger partial charge in [0, 0.05) is 13.1 Å². The van der Waals surface area contributed by atoms with Crippen molar-refractivity contribution in [3.05, 3.63) is 35.4 Å². The van der Waals surface area contributed by atoms with E-state index in [0.717, 1.165) is 32.4 Å². The van der Waals surface area contributed by atoms with E-state index < -0.39 is 0 Å². The SMILES string of the molecule is CCc1ccc(CN[C@@H]2CCCNC2=O)cc1. The first-order valence-electron chi connectivity index (χ1n) is 6.38. The van der Waals surface area contributed by atoms with Crippen molar-refractivity contribution in [3.8, 4) is 0 Å². The maximum absolute atomic E-state index is 11.5. The molecular formula is C14H20N2O. The van der Waals surface area contributed by atoms with Crippen molar-refractivity contribution in [2.75, 3.05) is 6.54 Å². The Morgan fingerprint density at radius 2 is 2.00 bits per heavy atom. The lowest BCUT2D eigenvalue weighted by molar-refractivity contribution is -0.124. The van der Waals surface area contributed by atoms with Crippen LogP contribution < -0.4 is 10.6 Å². The summed E-state index contributed by atoms with van der Waals surface area (Å²) in [6.45, 7) is 3.74. The number of hydrogen-bond donors (Lipinski definition) is 2. The smallest absolute Gasteiger partial charge is 0.237 e. The Morgan fingerprint density at radius 1 is 1.29 bits per heavy atom. The Labute approximate surface area is 103 Å². The summed E-state index contributed by atoms with van der Waals surface area (Å²) in [7, 11) is 0. The van der Waals surface area contributed by atoms with Gasteiger partial charge in [0.25, 0.3) is 0 Å². The fraction of sp³-hybridized carbons (Fsp3) is 0.500. The molecule has 1 atom stereocenters. The third kappa shape index (κ3) is 3.30. The number of amides is 1. The molecule has 0 aromatic heterocycles. The Balaban J connectivity index is 1.86. The maximum atomic E-state index is 11.5. The number of aryl methyl sites for hydroxylation is 1. The molecule has 0 aliphatic carbocycles. The molecule has 2 rings (SSSR count). The lowest BCUT2D eigenvalue weighted by Crippen LogP contribution is -2.47. The molecule has 1 aromatic rings. The van der Waals surface area contributed by atoms with Crippen LogP contribution in [0.25, 0.3) is 0 Å². The van der Waals surface area contributed by atoms with Crippen LogP contribution in [0, 0.1) is 0 Å². The summed E-state index contributed by atoms with van der Waals surface area (Å²) in [4.78, 5) is 11.5. The van der Waals surface area contributed by atoms with Crippen LogP contribution in [0.4, 0.5) is 0 Å². The van der Waals surface area contributed by atoms with Gasteiger partial charge in [-0.2, -0.15) is 0 Å². The largest absolute Gasteiger partial charge is 0.355 e. The zero-order valence-corrected chi connectivity index (χ0v) is 10.3. The average Bonchev–Trinajstić information content (AvgIpc) is 2.38. The Kier molecular flexibility index (Phi) is 4.15. The molecule has 17 heavy (non-hydrogen) atoms. The molecule has 1 saturated heterocycles. The highest BCUT2D eigenvalue weighted by Gasteiger charge is 2.20. The molecule has 3 nitrogen and oxygen atoms in total. The summed E-state index contributed by atoms with van der Waals surface area (Å²) in [6, 6.07) is 8.55. The first-order valence-corrected chi connectivity index (χ1v) is 6.38. The Bertz CT molecular complexity index is 372. The molecule has 0 saturated carbocycles. The van der Waals surface area contributed by atoms with Crippen LogP contribution in [0.15, 0.2) is 24.3 Å². The second kappa shape index (κ2) is 5.82. The van der Waals surface area contributed by atoms with Crippen molar-refractivity contribution in [3.63, 3.8) is 0 Å². The van der Waals surface area contributed by atoms with Gasteiger partial charge < -0.3 is 10.6 Å². The number of hydrogen-bond acceptors (Lipinski definition) is 2. The van der Waals surface area contributed by atoms with Gasteiger partial charge in [0.1, 0.15) is 0 Å². The second-order valence-electron chi connectivity index (χ2n) is 4.54. The van der Waals surface area contributed by atoms with E-state index in [9.17, 15) is 4.79 Å². The van der Waals surface area contributed by atoms with Gasteiger partial charge in [-0.3, -0.25) is 4.79 Å². The minimum Gasteiger partial charge on any atom is -0.355 e. The summed E-state index contributed by atoms with van der Waals surface area (Å²) < 4.78 is 0. The molecule has 3 heteroatoms. The van der Waals surface area contributed by atoms with E-state index in [1.807, 2.05) is 0 Å². The third-order valence-electron chi connectivity index (χ3n) is 3.27. The number of nitrogens with one attached hydrogen (secondary N) is 2. The summed E-state index contributed by atoms with van der Waals surface area (Å²) in [6.07, 6.45) is 3.08. The lowest BCUT2D eigenvalue weighted by atomic mass is 10.1. The first-order chi connectivity index (χ1) is 8.29. The fourth-order valence-corrected chi connectivity index (χ4v) is 2.10. The van der Waals surface area contributed by atoms with Crippen LogP contribution >= 0.6 is 0 Å². The summed E-state index contributed by atoms with van der Waals surface area (Å²) >= 11 is 0. The highest BCUT2D eigenvalue weighted by Crippen LogP contribution is 2.07. The first kappa shape index (κ1) is 12.1. The molecule has 1 amide bonds. The van der Waals surface area contributed by atoms with Crippen molar-refractivity contribution < 1.29 is 4.79 Å². The van der Waals surface area contributed by atoms with Crippen molar-refractivity contribution in [2.24, 2.45) is 0 Å². The van der Waals surface area contributed by atoms with Crippen LogP contribution in [-0.2, 0) is 17.8 Å². The lowest BCUT2D eigenvalue weighted by Gasteiger charge is -2.22. The normalized spacial score (nSPS) is 20.1. The number of carbonyl (C=O) groups is 1. The van der Waals surface area contributed by atoms with Gasteiger partial charge >= 0.3 is 0 Å². The fourth-order valence-electron chi connectivity index (χ4n) is 2.10. The monoisotopic (exact) mass is 232 g/mol. The van der Waals surface area contributed by atoms with Crippen molar-refractivity contribution in [1.29, 1.82) is 0 Å². The number of piperidine rings is 1. The van der Waals surface area contributed by atoms with Crippen molar-refractivity contribution >= 4 is 5.91 Å². The van der Waals surface area contributed by atoms with E-state index in [-0.39, 0.29) is 11.9 Å². The van der Waals surface area contributed by atoms with Gasteiger partial charge in [-0.25, -0.2) is 0 Å². The van der Waals surface area contributed by atoms with Crippen LogP contribution in [0.1, 0.15) is 30.9 Å². The van der Waals surface area contributed by atoms with Crippen molar-refractivity contribution in [1.82, 2.24) is 10.6 Å². The molecule has 0 unspecified atom stereocenters. The van der Waals surface area contributed by atoms with Gasteiger partial charge in [-0.05, 0) is 30.4 Å². The molecule has 92 valence electrons. The van der Waals surface area contributed by atoms with E-state index >= 15 is 0 Å². The number of rotatable bonds is 4. The second-order valence-corrected chi connectivity index (χ2v) is 4.54. The molecule has 1 aliphatic heterocycles. The maximum Gasteiger partial charge on any atom is 0.237 e. The minimum absolute atomic E-state index is 0.0189. The molecule has 0 bridgehead atoms.